The van der Waals surface area contributed by atoms with Gasteiger partial charge in [-0.1, -0.05) is 6.07 Å². The number of morpholine rings is 1. The number of nitrogens with zero attached hydrogens (tertiary/aromatic N) is 3. The largest absolute Gasteiger partial charge is 0.469 e. The van der Waals surface area contributed by atoms with E-state index in [9.17, 15) is 0 Å². The third-order valence-electron chi connectivity index (χ3n) is 5.22. The Morgan fingerprint density at radius 1 is 1.22 bits per heavy atom. The van der Waals surface area contributed by atoms with Crippen molar-refractivity contribution >= 4 is 17.3 Å². The molecule has 2 saturated heterocycles. The average molecular weight is 389 g/mol. The molecule has 4 rings (SSSR count). The first-order valence-corrected chi connectivity index (χ1v) is 10.7. The molecule has 0 amide bonds. The third-order valence-corrected chi connectivity index (χ3v) is 6.09. The molecule has 1 N–H and O–H groups in total. The zero-order valence-corrected chi connectivity index (χ0v) is 16.5. The van der Waals surface area contributed by atoms with Crippen LogP contribution in [-0.4, -0.2) is 67.7 Å². The van der Waals surface area contributed by atoms with Crippen molar-refractivity contribution in [3.8, 4) is 0 Å². The first-order chi connectivity index (χ1) is 13.4. The number of aliphatic imine (C=N–C) groups is 1. The molecule has 27 heavy (non-hydrogen) atoms. The molecule has 2 fully saturated rings. The van der Waals surface area contributed by atoms with E-state index in [4.69, 9.17) is 14.1 Å². The summed E-state index contributed by atoms with van der Waals surface area (Å²) in [4.78, 5) is 11.2. The van der Waals surface area contributed by atoms with Gasteiger partial charge in [-0.2, -0.15) is 0 Å². The van der Waals surface area contributed by atoms with Crippen molar-refractivity contribution in [2.75, 3.05) is 45.9 Å². The second-order valence-electron chi connectivity index (χ2n) is 7.01. The minimum atomic E-state index is 0.604. The van der Waals surface area contributed by atoms with Crippen molar-refractivity contribution in [2.24, 2.45) is 4.99 Å². The number of rotatable bonds is 6. The molecular weight excluding hydrogens is 360 g/mol. The summed E-state index contributed by atoms with van der Waals surface area (Å²) < 4.78 is 10.9. The Balaban J connectivity index is 1.36. The predicted octanol–water partition coefficient (Wildman–Crippen LogP) is 2.44. The Kier molecular flexibility index (Phi) is 6.45. The number of furan rings is 1. The number of nitrogens with one attached hydrogen (secondary N) is 1. The number of thiophene rings is 1. The highest BCUT2D eigenvalue weighted by atomic mass is 32.1. The van der Waals surface area contributed by atoms with Crippen LogP contribution in [0.5, 0.6) is 0 Å². The minimum absolute atomic E-state index is 0.604. The summed E-state index contributed by atoms with van der Waals surface area (Å²) in [5, 5.41) is 5.67. The highest BCUT2D eigenvalue weighted by Crippen LogP contribution is 2.18. The van der Waals surface area contributed by atoms with E-state index in [1.807, 2.05) is 12.1 Å². The molecule has 146 valence electrons. The van der Waals surface area contributed by atoms with Crippen LogP contribution in [0.1, 0.15) is 17.1 Å². The monoisotopic (exact) mass is 388 g/mol. The Morgan fingerprint density at radius 2 is 2.15 bits per heavy atom. The molecule has 1 unspecified atom stereocenters. The van der Waals surface area contributed by atoms with Crippen LogP contribution >= 0.6 is 11.3 Å². The molecule has 2 aliphatic heterocycles. The molecule has 0 aromatic carbocycles. The van der Waals surface area contributed by atoms with Gasteiger partial charge in [0.2, 0.25) is 0 Å². The van der Waals surface area contributed by atoms with Crippen molar-refractivity contribution in [1.82, 2.24) is 15.1 Å². The number of ether oxygens (including phenoxy) is 1. The quantitative estimate of drug-likeness (QED) is 0.609. The summed E-state index contributed by atoms with van der Waals surface area (Å²) in [6.07, 6.45) is 3.79. The molecule has 0 bridgehead atoms. The van der Waals surface area contributed by atoms with Gasteiger partial charge in [-0.3, -0.25) is 4.90 Å². The fourth-order valence-corrected chi connectivity index (χ4v) is 4.38. The van der Waals surface area contributed by atoms with Crippen LogP contribution in [-0.2, 0) is 17.7 Å². The zero-order valence-electron chi connectivity index (χ0n) is 15.7. The van der Waals surface area contributed by atoms with Crippen LogP contribution in [0.15, 0.2) is 45.3 Å². The second kappa shape index (κ2) is 9.39. The van der Waals surface area contributed by atoms with Crippen LogP contribution in [0.4, 0.5) is 0 Å². The van der Waals surface area contributed by atoms with Crippen LogP contribution < -0.4 is 5.32 Å². The number of hydrogen-bond donors (Lipinski definition) is 1. The van der Waals surface area contributed by atoms with E-state index in [0.29, 0.717) is 6.04 Å². The summed E-state index contributed by atoms with van der Waals surface area (Å²) in [6, 6.07) is 8.80. The molecule has 0 radical (unpaired) electrons. The predicted molar refractivity (Wildman–Crippen MR) is 108 cm³/mol. The van der Waals surface area contributed by atoms with Gasteiger partial charge in [-0.25, -0.2) is 4.99 Å². The molecule has 0 aliphatic carbocycles. The van der Waals surface area contributed by atoms with E-state index in [2.05, 4.69) is 32.6 Å². The Morgan fingerprint density at radius 3 is 2.93 bits per heavy atom. The van der Waals surface area contributed by atoms with Crippen molar-refractivity contribution in [1.29, 1.82) is 0 Å². The van der Waals surface area contributed by atoms with Crippen LogP contribution in [0.25, 0.3) is 0 Å². The van der Waals surface area contributed by atoms with E-state index in [1.165, 1.54) is 11.3 Å². The van der Waals surface area contributed by atoms with Gasteiger partial charge in [0, 0.05) is 50.1 Å². The molecule has 4 heterocycles. The van der Waals surface area contributed by atoms with Crippen molar-refractivity contribution in [2.45, 2.75) is 25.4 Å². The second-order valence-corrected chi connectivity index (χ2v) is 8.04. The summed E-state index contributed by atoms with van der Waals surface area (Å²) in [5.41, 5.74) is 0. The lowest BCUT2D eigenvalue weighted by molar-refractivity contribution is 0.0195. The number of likely N-dealkylation sites (tertiary alicyclic amines) is 1. The first-order valence-electron chi connectivity index (χ1n) is 9.78. The molecule has 0 spiro atoms. The third kappa shape index (κ3) is 5.12. The maximum atomic E-state index is 5.50. The molecule has 0 saturated carbocycles. The SMILES string of the molecule is c1coc(CCNC(=NCc2cccs2)N2CCC(N3CCOCC3)C2)c1. The summed E-state index contributed by atoms with van der Waals surface area (Å²) in [6.45, 7) is 7.47. The van der Waals surface area contributed by atoms with E-state index in [-0.39, 0.29) is 0 Å². The van der Waals surface area contributed by atoms with E-state index in [1.54, 1.807) is 17.6 Å². The van der Waals surface area contributed by atoms with E-state index >= 15 is 0 Å². The maximum absolute atomic E-state index is 5.50. The fourth-order valence-electron chi connectivity index (χ4n) is 3.75. The topological polar surface area (TPSA) is 53.2 Å². The Labute approximate surface area is 164 Å². The molecule has 7 heteroatoms. The molecule has 1 atom stereocenters. The summed E-state index contributed by atoms with van der Waals surface area (Å²) >= 11 is 1.76. The van der Waals surface area contributed by atoms with Gasteiger partial charge in [0.15, 0.2) is 5.96 Å². The maximum Gasteiger partial charge on any atom is 0.194 e. The van der Waals surface area contributed by atoms with Gasteiger partial charge in [0.1, 0.15) is 5.76 Å². The molecule has 2 aromatic rings. The van der Waals surface area contributed by atoms with Gasteiger partial charge < -0.3 is 19.4 Å². The smallest absolute Gasteiger partial charge is 0.194 e. The van der Waals surface area contributed by atoms with Crippen LogP contribution in [0.3, 0.4) is 0 Å². The fraction of sp³-hybridized carbons (Fsp3) is 0.550. The lowest BCUT2D eigenvalue weighted by Crippen LogP contribution is -2.47. The highest BCUT2D eigenvalue weighted by Gasteiger charge is 2.30. The van der Waals surface area contributed by atoms with Gasteiger partial charge in [0.05, 0.1) is 26.0 Å². The van der Waals surface area contributed by atoms with Gasteiger partial charge in [-0.05, 0) is 30.0 Å². The highest BCUT2D eigenvalue weighted by molar-refractivity contribution is 7.09. The zero-order chi connectivity index (χ0) is 18.3. The minimum Gasteiger partial charge on any atom is -0.469 e. The summed E-state index contributed by atoms with van der Waals surface area (Å²) in [5.74, 6) is 2.03. The number of hydrogen-bond acceptors (Lipinski definition) is 5. The Bertz CT molecular complexity index is 696. The van der Waals surface area contributed by atoms with Crippen molar-refractivity contribution in [3.05, 3.63) is 46.5 Å². The normalized spacial score (nSPS) is 21.7. The van der Waals surface area contributed by atoms with Crippen molar-refractivity contribution in [3.63, 3.8) is 0 Å². The van der Waals surface area contributed by atoms with E-state index in [0.717, 1.165) is 70.6 Å². The van der Waals surface area contributed by atoms with Crippen molar-refractivity contribution < 1.29 is 9.15 Å². The van der Waals surface area contributed by atoms with Crippen LogP contribution in [0.2, 0.25) is 0 Å². The summed E-state index contributed by atoms with van der Waals surface area (Å²) in [7, 11) is 0. The molecule has 2 aliphatic rings. The molecular formula is C20H28N4O2S. The first kappa shape index (κ1) is 18.5. The lowest BCUT2D eigenvalue weighted by Gasteiger charge is -2.32. The average Bonchev–Trinajstić information content (AvgIpc) is 3.48. The number of guanidine groups is 1. The van der Waals surface area contributed by atoms with Gasteiger partial charge >= 0.3 is 0 Å². The molecule has 2 aromatic heterocycles. The van der Waals surface area contributed by atoms with Gasteiger partial charge in [-0.15, -0.1) is 11.3 Å². The standard InChI is InChI=1S/C20H28N4O2S/c1-3-18(26-11-1)5-7-21-20(22-15-19-4-2-14-27-19)24-8-6-17(16-24)23-9-12-25-13-10-23/h1-4,11,14,17H,5-10,12-13,15-16H2,(H,21,22). The van der Waals surface area contributed by atoms with E-state index < -0.39 is 0 Å². The van der Waals surface area contributed by atoms with Gasteiger partial charge in [0.25, 0.3) is 0 Å². The Hall–Kier alpha value is -1.83. The van der Waals surface area contributed by atoms with Crippen LogP contribution in [0, 0.1) is 0 Å². The lowest BCUT2D eigenvalue weighted by atomic mass is 10.2. The molecule has 6 nitrogen and oxygen atoms in total.